The molecule has 0 saturated heterocycles. The number of aromatic nitrogens is 2. The van der Waals surface area contributed by atoms with Gasteiger partial charge in [0, 0.05) is 5.02 Å². The molecule has 0 saturated carbocycles. The maximum absolute atomic E-state index is 11.3. The summed E-state index contributed by atoms with van der Waals surface area (Å²) in [6.07, 6.45) is 0. The van der Waals surface area contributed by atoms with Crippen LogP contribution in [0, 0.1) is 0 Å². The lowest BCUT2D eigenvalue weighted by atomic mass is 10.2. The van der Waals surface area contributed by atoms with Crippen LogP contribution < -0.4 is 10.3 Å². The van der Waals surface area contributed by atoms with E-state index in [1.54, 1.807) is 12.1 Å². The molecule has 0 unspecified atom stereocenters. The van der Waals surface area contributed by atoms with Gasteiger partial charge >= 0.3 is 0 Å². The number of benzene rings is 1. The maximum atomic E-state index is 11.3. The van der Waals surface area contributed by atoms with Crippen LogP contribution in [0.3, 0.4) is 0 Å². The van der Waals surface area contributed by atoms with Crippen molar-refractivity contribution in [2.45, 2.75) is 0 Å². The first-order valence-corrected chi connectivity index (χ1v) is 4.04. The fourth-order valence-corrected chi connectivity index (χ4v) is 1.47. The van der Waals surface area contributed by atoms with Crippen molar-refractivity contribution in [2.75, 3.05) is 7.11 Å². The number of rotatable bonds is 1. The average Bonchev–Trinajstić information content (AvgIpc) is 2.46. The number of aromatic amines is 2. The number of ether oxygens (including phenoxy) is 1. The number of hydrogen-bond donors (Lipinski definition) is 2. The highest BCUT2D eigenvalue weighted by Crippen LogP contribution is 2.25. The summed E-state index contributed by atoms with van der Waals surface area (Å²) >= 11 is 5.80. The molecule has 1 heterocycles. The second-order valence-corrected chi connectivity index (χ2v) is 3.05. The molecule has 0 bridgehead atoms. The molecule has 68 valence electrons. The number of H-pyrrole nitrogens is 2. The van der Waals surface area contributed by atoms with Crippen LogP contribution >= 0.6 is 11.6 Å². The maximum Gasteiger partial charge on any atom is 0.275 e. The highest BCUT2D eigenvalue weighted by Gasteiger charge is 2.08. The van der Waals surface area contributed by atoms with Crippen molar-refractivity contribution >= 4 is 22.5 Å². The van der Waals surface area contributed by atoms with Gasteiger partial charge in [0.15, 0.2) is 0 Å². The van der Waals surface area contributed by atoms with Gasteiger partial charge in [-0.1, -0.05) is 11.6 Å². The van der Waals surface area contributed by atoms with E-state index in [2.05, 4.69) is 10.2 Å². The Labute approximate surface area is 78.5 Å². The zero-order chi connectivity index (χ0) is 9.42. The minimum absolute atomic E-state index is 0.205. The molecule has 0 spiro atoms. The highest BCUT2D eigenvalue weighted by atomic mass is 35.5. The molecule has 0 fully saturated rings. The molecule has 2 N–H and O–H groups in total. The number of fused-ring (bicyclic) bond motifs is 1. The smallest absolute Gasteiger partial charge is 0.275 e. The molecule has 0 atom stereocenters. The molecule has 1 aromatic heterocycles. The van der Waals surface area contributed by atoms with Gasteiger partial charge in [-0.3, -0.25) is 15.0 Å². The van der Waals surface area contributed by atoms with E-state index in [-0.39, 0.29) is 5.56 Å². The first kappa shape index (κ1) is 8.19. The zero-order valence-electron chi connectivity index (χ0n) is 6.85. The van der Waals surface area contributed by atoms with Gasteiger partial charge in [0.25, 0.3) is 5.56 Å². The summed E-state index contributed by atoms with van der Waals surface area (Å²) in [5.41, 5.74) is 0.442. The number of methoxy groups -OCH3 is 1. The summed E-state index contributed by atoms with van der Waals surface area (Å²) < 4.78 is 5.02. The normalized spacial score (nSPS) is 10.6. The van der Waals surface area contributed by atoms with Gasteiger partial charge in [-0.05, 0) is 12.1 Å². The highest BCUT2D eigenvalue weighted by molar-refractivity contribution is 6.31. The molecule has 0 amide bonds. The van der Waals surface area contributed by atoms with Crippen LogP contribution in [0.1, 0.15) is 0 Å². The van der Waals surface area contributed by atoms with Gasteiger partial charge in [0.05, 0.1) is 12.6 Å². The van der Waals surface area contributed by atoms with Crippen LogP contribution in [-0.4, -0.2) is 17.3 Å². The van der Waals surface area contributed by atoms with Crippen molar-refractivity contribution in [1.82, 2.24) is 10.2 Å². The molecule has 0 aliphatic rings. The lowest BCUT2D eigenvalue weighted by Gasteiger charge is -2.00. The molecule has 0 aliphatic carbocycles. The lowest BCUT2D eigenvalue weighted by Crippen LogP contribution is -1.99. The van der Waals surface area contributed by atoms with E-state index in [0.717, 1.165) is 0 Å². The summed E-state index contributed by atoms with van der Waals surface area (Å²) in [5.74, 6) is 0.477. The Bertz CT molecular complexity index is 500. The van der Waals surface area contributed by atoms with Crippen molar-refractivity contribution in [2.24, 2.45) is 0 Å². The largest absolute Gasteiger partial charge is 0.496 e. The van der Waals surface area contributed by atoms with Crippen molar-refractivity contribution < 1.29 is 4.74 Å². The van der Waals surface area contributed by atoms with Crippen LogP contribution in [-0.2, 0) is 0 Å². The van der Waals surface area contributed by atoms with Crippen LogP contribution in [0.25, 0.3) is 10.9 Å². The molecule has 4 nitrogen and oxygen atoms in total. The standard InChI is InChI=1S/C8H7ClN2O2/c1-13-6-3-4(9)2-5-7(6)8(12)11-10-5/h2-3H,1H3,(H2,10,11,12). The fraction of sp³-hybridized carbons (Fsp3) is 0.125. The number of hydrogen-bond acceptors (Lipinski definition) is 2. The van der Waals surface area contributed by atoms with E-state index in [9.17, 15) is 4.79 Å². The van der Waals surface area contributed by atoms with E-state index in [0.29, 0.717) is 21.7 Å². The zero-order valence-corrected chi connectivity index (χ0v) is 7.61. The summed E-state index contributed by atoms with van der Waals surface area (Å²) in [7, 11) is 1.50. The van der Waals surface area contributed by atoms with Crippen LogP contribution in [0.2, 0.25) is 5.02 Å². The first-order chi connectivity index (χ1) is 6.22. The van der Waals surface area contributed by atoms with Gasteiger partial charge in [-0.15, -0.1) is 0 Å². The Balaban J connectivity index is 2.93. The molecule has 13 heavy (non-hydrogen) atoms. The van der Waals surface area contributed by atoms with Crippen LogP contribution in [0.15, 0.2) is 16.9 Å². The van der Waals surface area contributed by atoms with E-state index in [1.165, 1.54) is 7.11 Å². The minimum Gasteiger partial charge on any atom is -0.496 e. The third-order valence-corrected chi connectivity index (χ3v) is 2.04. The summed E-state index contributed by atoms with van der Waals surface area (Å²) in [6, 6.07) is 3.27. The Morgan fingerprint density at radius 1 is 1.38 bits per heavy atom. The van der Waals surface area contributed by atoms with E-state index >= 15 is 0 Å². The molecule has 5 heteroatoms. The predicted molar refractivity (Wildman–Crippen MR) is 50.5 cm³/mol. The Hall–Kier alpha value is -1.42. The number of halogens is 1. The molecule has 2 aromatic rings. The molecule has 0 aliphatic heterocycles. The van der Waals surface area contributed by atoms with Gasteiger partial charge in [0.1, 0.15) is 11.1 Å². The summed E-state index contributed by atoms with van der Waals surface area (Å²) in [6.45, 7) is 0. The molecular formula is C8H7ClN2O2. The van der Waals surface area contributed by atoms with E-state index in [4.69, 9.17) is 16.3 Å². The van der Waals surface area contributed by atoms with Gasteiger partial charge in [-0.2, -0.15) is 0 Å². The Morgan fingerprint density at radius 3 is 2.85 bits per heavy atom. The fourth-order valence-electron chi connectivity index (χ4n) is 1.26. The topological polar surface area (TPSA) is 57.9 Å². The lowest BCUT2D eigenvalue weighted by molar-refractivity contribution is 0.419. The molecule has 1 aromatic carbocycles. The Morgan fingerprint density at radius 2 is 2.15 bits per heavy atom. The predicted octanol–water partition coefficient (Wildman–Crippen LogP) is 1.52. The van der Waals surface area contributed by atoms with Crippen molar-refractivity contribution in [3.8, 4) is 5.75 Å². The van der Waals surface area contributed by atoms with Gasteiger partial charge in [-0.25, -0.2) is 0 Å². The quantitative estimate of drug-likeness (QED) is 0.730. The van der Waals surface area contributed by atoms with Crippen molar-refractivity contribution in [3.05, 3.63) is 27.5 Å². The van der Waals surface area contributed by atoms with Crippen LogP contribution in [0.4, 0.5) is 0 Å². The van der Waals surface area contributed by atoms with Crippen molar-refractivity contribution in [1.29, 1.82) is 0 Å². The number of nitrogens with one attached hydrogen (secondary N) is 2. The summed E-state index contributed by atoms with van der Waals surface area (Å²) in [4.78, 5) is 11.3. The molecule has 2 rings (SSSR count). The Kier molecular flexibility index (Phi) is 1.77. The van der Waals surface area contributed by atoms with Gasteiger partial charge < -0.3 is 4.74 Å². The third-order valence-electron chi connectivity index (χ3n) is 1.82. The van der Waals surface area contributed by atoms with Crippen LogP contribution in [0.5, 0.6) is 5.75 Å². The summed E-state index contributed by atoms with van der Waals surface area (Å²) in [5, 5.41) is 6.18. The van der Waals surface area contributed by atoms with Crippen molar-refractivity contribution in [3.63, 3.8) is 0 Å². The minimum atomic E-state index is -0.205. The SMILES string of the molecule is COc1cc(Cl)cc2[nH][nH]c(=O)c12. The van der Waals surface area contributed by atoms with E-state index in [1.807, 2.05) is 0 Å². The van der Waals surface area contributed by atoms with E-state index < -0.39 is 0 Å². The first-order valence-electron chi connectivity index (χ1n) is 3.66. The molecule has 0 radical (unpaired) electrons. The third kappa shape index (κ3) is 1.19. The average molecular weight is 199 g/mol. The monoisotopic (exact) mass is 198 g/mol. The second kappa shape index (κ2) is 2.81. The van der Waals surface area contributed by atoms with Gasteiger partial charge in [0.2, 0.25) is 0 Å². The molecular weight excluding hydrogens is 192 g/mol. The second-order valence-electron chi connectivity index (χ2n) is 2.61.